The summed E-state index contributed by atoms with van der Waals surface area (Å²) in [6.07, 6.45) is 3.46. The standard InChI is InChI=1S/C21H16N4O3/c26-21(23-11-14-3-8-18-19(10-14)28-13-27-18)15-4-6-16(7-5-15)25-12-24-17-2-1-9-22-20(17)25/h1-10,12H,11,13H2,(H,23,26). The number of hydrogen-bond acceptors (Lipinski definition) is 5. The second-order valence-corrected chi connectivity index (χ2v) is 6.38. The second-order valence-electron chi connectivity index (χ2n) is 6.38. The lowest BCUT2D eigenvalue weighted by Gasteiger charge is -2.08. The lowest BCUT2D eigenvalue weighted by atomic mass is 10.1. The van der Waals surface area contributed by atoms with Gasteiger partial charge >= 0.3 is 0 Å². The molecule has 0 atom stereocenters. The average molecular weight is 372 g/mol. The van der Waals surface area contributed by atoms with Crippen LogP contribution in [0.1, 0.15) is 15.9 Å². The van der Waals surface area contributed by atoms with Crippen LogP contribution in [0.3, 0.4) is 0 Å². The quantitative estimate of drug-likeness (QED) is 0.596. The lowest BCUT2D eigenvalue weighted by molar-refractivity contribution is 0.0951. The maximum absolute atomic E-state index is 12.5. The molecule has 5 rings (SSSR count). The van der Waals surface area contributed by atoms with Gasteiger partial charge < -0.3 is 14.8 Å². The van der Waals surface area contributed by atoms with Gasteiger partial charge in [0.05, 0.1) is 0 Å². The Morgan fingerprint density at radius 1 is 1.04 bits per heavy atom. The van der Waals surface area contributed by atoms with Gasteiger partial charge in [0.15, 0.2) is 17.1 Å². The number of nitrogens with one attached hydrogen (secondary N) is 1. The molecule has 1 aliphatic rings. The van der Waals surface area contributed by atoms with E-state index in [9.17, 15) is 4.79 Å². The van der Waals surface area contributed by atoms with Crippen LogP contribution in [0.4, 0.5) is 0 Å². The van der Waals surface area contributed by atoms with Crippen molar-refractivity contribution in [3.05, 3.63) is 78.2 Å². The molecule has 0 unspecified atom stereocenters. The zero-order chi connectivity index (χ0) is 18.9. The van der Waals surface area contributed by atoms with Crippen molar-refractivity contribution in [3.8, 4) is 17.2 Å². The number of carbonyl (C=O) groups is 1. The summed E-state index contributed by atoms with van der Waals surface area (Å²) in [5.74, 6) is 1.29. The van der Waals surface area contributed by atoms with Gasteiger partial charge in [-0.05, 0) is 54.1 Å². The predicted octanol–water partition coefficient (Wildman–Crippen LogP) is 3.08. The fraction of sp³-hybridized carbons (Fsp3) is 0.0952. The minimum atomic E-state index is -0.141. The predicted molar refractivity (Wildman–Crippen MR) is 103 cm³/mol. The van der Waals surface area contributed by atoms with Gasteiger partial charge in [-0.2, -0.15) is 0 Å². The van der Waals surface area contributed by atoms with Crippen molar-refractivity contribution in [1.29, 1.82) is 0 Å². The Bertz CT molecular complexity index is 1170. The van der Waals surface area contributed by atoms with Crippen LogP contribution in [0.2, 0.25) is 0 Å². The highest BCUT2D eigenvalue weighted by atomic mass is 16.7. The molecule has 0 saturated carbocycles. The van der Waals surface area contributed by atoms with E-state index in [1.165, 1.54) is 0 Å². The SMILES string of the molecule is O=C(NCc1ccc2c(c1)OCO2)c1ccc(-n2cnc3cccnc32)cc1. The molecule has 2 aromatic carbocycles. The Balaban J connectivity index is 1.29. The second kappa shape index (κ2) is 6.70. The monoisotopic (exact) mass is 372 g/mol. The summed E-state index contributed by atoms with van der Waals surface area (Å²) in [7, 11) is 0. The summed E-state index contributed by atoms with van der Waals surface area (Å²) in [6, 6.07) is 16.7. The molecule has 28 heavy (non-hydrogen) atoms. The third-order valence-corrected chi connectivity index (χ3v) is 4.60. The van der Waals surface area contributed by atoms with Crippen molar-refractivity contribution in [2.24, 2.45) is 0 Å². The van der Waals surface area contributed by atoms with Crippen molar-refractivity contribution < 1.29 is 14.3 Å². The number of imidazole rings is 1. The first kappa shape index (κ1) is 16.3. The number of nitrogens with zero attached hydrogens (tertiary/aromatic N) is 3. The molecule has 1 aliphatic heterocycles. The minimum absolute atomic E-state index is 0.141. The Kier molecular flexibility index (Phi) is 3.90. The normalized spacial score (nSPS) is 12.3. The van der Waals surface area contributed by atoms with Crippen LogP contribution in [0.5, 0.6) is 11.5 Å². The van der Waals surface area contributed by atoms with Gasteiger partial charge in [0.1, 0.15) is 11.8 Å². The Morgan fingerprint density at radius 3 is 2.79 bits per heavy atom. The molecular formula is C21H16N4O3. The molecule has 1 N–H and O–H groups in total. The van der Waals surface area contributed by atoms with E-state index < -0.39 is 0 Å². The van der Waals surface area contributed by atoms with Crippen LogP contribution >= 0.6 is 0 Å². The Labute approximate surface area is 160 Å². The first-order valence-electron chi connectivity index (χ1n) is 8.83. The molecule has 138 valence electrons. The number of carbonyl (C=O) groups excluding carboxylic acids is 1. The highest BCUT2D eigenvalue weighted by molar-refractivity contribution is 5.94. The number of ether oxygens (including phenoxy) is 2. The summed E-state index contributed by atoms with van der Waals surface area (Å²) in [5, 5.41) is 2.92. The van der Waals surface area contributed by atoms with Crippen molar-refractivity contribution in [1.82, 2.24) is 19.9 Å². The minimum Gasteiger partial charge on any atom is -0.454 e. The lowest BCUT2D eigenvalue weighted by Crippen LogP contribution is -2.22. The van der Waals surface area contributed by atoms with Gasteiger partial charge in [0, 0.05) is 24.0 Å². The third kappa shape index (κ3) is 2.92. The fourth-order valence-corrected chi connectivity index (χ4v) is 3.15. The van der Waals surface area contributed by atoms with Crippen LogP contribution in [-0.2, 0) is 6.54 Å². The Morgan fingerprint density at radius 2 is 1.89 bits per heavy atom. The van der Waals surface area contributed by atoms with Crippen molar-refractivity contribution in [3.63, 3.8) is 0 Å². The number of pyridine rings is 1. The number of benzene rings is 2. The summed E-state index contributed by atoms with van der Waals surface area (Å²) >= 11 is 0. The molecule has 3 heterocycles. The molecule has 0 radical (unpaired) electrons. The average Bonchev–Trinajstić information content (AvgIpc) is 3.38. The molecule has 0 fully saturated rings. The van der Waals surface area contributed by atoms with Gasteiger partial charge in [-0.1, -0.05) is 6.07 Å². The number of hydrogen-bond donors (Lipinski definition) is 1. The molecule has 7 heteroatoms. The number of aromatic nitrogens is 3. The van der Waals surface area contributed by atoms with E-state index in [2.05, 4.69) is 15.3 Å². The summed E-state index contributed by atoms with van der Waals surface area (Å²) < 4.78 is 12.6. The summed E-state index contributed by atoms with van der Waals surface area (Å²) in [4.78, 5) is 21.2. The summed E-state index contributed by atoms with van der Waals surface area (Å²) in [6.45, 7) is 0.645. The number of rotatable bonds is 4. The molecule has 0 saturated heterocycles. The van der Waals surface area contributed by atoms with Gasteiger partial charge in [-0.15, -0.1) is 0 Å². The summed E-state index contributed by atoms with van der Waals surface area (Å²) in [5.41, 5.74) is 4.04. The van der Waals surface area contributed by atoms with Crippen molar-refractivity contribution in [2.75, 3.05) is 6.79 Å². The maximum Gasteiger partial charge on any atom is 0.251 e. The van der Waals surface area contributed by atoms with Gasteiger partial charge in [-0.3, -0.25) is 9.36 Å². The van der Waals surface area contributed by atoms with Crippen LogP contribution in [0, 0.1) is 0 Å². The molecule has 0 aliphatic carbocycles. The largest absolute Gasteiger partial charge is 0.454 e. The molecule has 0 spiro atoms. The zero-order valence-corrected chi connectivity index (χ0v) is 14.8. The van der Waals surface area contributed by atoms with Crippen molar-refractivity contribution in [2.45, 2.75) is 6.54 Å². The van der Waals surface area contributed by atoms with Gasteiger partial charge in [0.25, 0.3) is 5.91 Å². The topological polar surface area (TPSA) is 78.3 Å². The van der Waals surface area contributed by atoms with E-state index >= 15 is 0 Å². The van der Waals surface area contributed by atoms with Crippen LogP contribution in [0.25, 0.3) is 16.9 Å². The van der Waals surface area contributed by atoms with Crippen LogP contribution in [0.15, 0.2) is 67.1 Å². The third-order valence-electron chi connectivity index (χ3n) is 4.60. The fourth-order valence-electron chi connectivity index (χ4n) is 3.15. The highest BCUT2D eigenvalue weighted by Gasteiger charge is 2.14. The molecule has 0 bridgehead atoms. The van der Waals surface area contributed by atoms with Gasteiger partial charge in [-0.25, -0.2) is 9.97 Å². The van der Waals surface area contributed by atoms with E-state index in [1.54, 1.807) is 24.7 Å². The molecule has 4 aromatic rings. The molecule has 2 aromatic heterocycles. The van der Waals surface area contributed by atoms with Crippen LogP contribution in [-0.4, -0.2) is 27.2 Å². The molecular weight excluding hydrogens is 356 g/mol. The first-order valence-corrected chi connectivity index (χ1v) is 8.83. The van der Waals surface area contributed by atoms with E-state index in [0.717, 1.165) is 28.2 Å². The smallest absolute Gasteiger partial charge is 0.251 e. The first-order chi connectivity index (χ1) is 13.8. The molecule has 1 amide bonds. The van der Waals surface area contributed by atoms with E-state index in [-0.39, 0.29) is 12.7 Å². The highest BCUT2D eigenvalue weighted by Crippen LogP contribution is 2.32. The molecule has 7 nitrogen and oxygen atoms in total. The Hall–Kier alpha value is -3.87. The number of fused-ring (bicyclic) bond motifs is 2. The number of amides is 1. The van der Waals surface area contributed by atoms with Crippen molar-refractivity contribution >= 4 is 17.1 Å². The van der Waals surface area contributed by atoms with Gasteiger partial charge in [0.2, 0.25) is 6.79 Å². The maximum atomic E-state index is 12.5. The zero-order valence-electron chi connectivity index (χ0n) is 14.8. The van der Waals surface area contributed by atoms with E-state index in [1.807, 2.05) is 47.0 Å². The van der Waals surface area contributed by atoms with E-state index in [0.29, 0.717) is 17.9 Å². The van der Waals surface area contributed by atoms with E-state index in [4.69, 9.17) is 9.47 Å². The van der Waals surface area contributed by atoms with Crippen LogP contribution < -0.4 is 14.8 Å².